The number of allylic oxidation sites excluding steroid dienone is 1. The lowest BCUT2D eigenvalue weighted by molar-refractivity contribution is 0.249. The van der Waals surface area contributed by atoms with Crippen LogP contribution in [0, 0.1) is 0 Å². The summed E-state index contributed by atoms with van der Waals surface area (Å²) in [6, 6.07) is 0. The van der Waals surface area contributed by atoms with Gasteiger partial charge in [-0.2, -0.15) is 0 Å². The summed E-state index contributed by atoms with van der Waals surface area (Å²) in [6.45, 7) is 5.82. The Morgan fingerprint density at radius 2 is 2.00 bits per heavy atom. The molecule has 1 rings (SSSR count). The van der Waals surface area contributed by atoms with Crippen LogP contribution in [-0.2, 0) is 15.3 Å². The van der Waals surface area contributed by atoms with Crippen molar-refractivity contribution in [3.8, 4) is 0 Å². The predicted octanol–water partition coefficient (Wildman–Crippen LogP) is 3.35. The fourth-order valence-electron chi connectivity index (χ4n) is 1.47. The molecule has 0 radical (unpaired) electrons. The minimum atomic E-state index is -1.20. The van der Waals surface area contributed by atoms with E-state index in [2.05, 4.69) is 12.2 Å². The maximum Gasteiger partial charge on any atom is 0.161 e. The molecule has 2 atom stereocenters. The van der Waals surface area contributed by atoms with Gasteiger partial charge >= 0.3 is 0 Å². The van der Waals surface area contributed by atoms with E-state index in [1.165, 1.54) is 19.3 Å². The van der Waals surface area contributed by atoms with Gasteiger partial charge in [0.2, 0.25) is 0 Å². The molecule has 0 aromatic carbocycles. The molecule has 0 amide bonds. The van der Waals surface area contributed by atoms with Crippen LogP contribution in [0.15, 0.2) is 12.2 Å². The summed E-state index contributed by atoms with van der Waals surface area (Å²) in [6.07, 6.45) is 10.1. The Morgan fingerprint density at radius 3 is 2.67 bits per heavy atom. The minimum Gasteiger partial charge on any atom is -0.283 e. The average molecular weight is 230 g/mol. The normalized spacial score (nSPS) is 27.8. The van der Waals surface area contributed by atoms with Gasteiger partial charge in [-0.1, -0.05) is 25.0 Å². The van der Waals surface area contributed by atoms with Crippen LogP contribution in [0.25, 0.3) is 0 Å². The van der Waals surface area contributed by atoms with E-state index in [-0.39, 0.29) is 10.9 Å². The summed E-state index contributed by atoms with van der Waals surface area (Å²) < 4.78 is 17.1. The lowest BCUT2D eigenvalue weighted by Gasteiger charge is -2.21. The van der Waals surface area contributed by atoms with Crippen molar-refractivity contribution < 1.29 is 8.39 Å². The molecule has 0 spiro atoms. The molecule has 1 aliphatic carbocycles. The van der Waals surface area contributed by atoms with Crippen LogP contribution in [0.2, 0.25) is 0 Å². The monoisotopic (exact) mass is 230 g/mol. The molecule has 0 fully saturated rings. The van der Waals surface area contributed by atoms with Crippen LogP contribution < -0.4 is 0 Å². The quantitative estimate of drug-likeness (QED) is 0.680. The standard InChI is InChI=1S/C12H22O2S/c1-12(2,3)15(13)14-11-9-7-5-4-6-8-10-11/h7,9,11H,4-6,8,10H2,1-3H3/b9-7-/t11-,15?/m0/s1. The van der Waals surface area contributed by atoms with Crippen LogP contribution >= 0.6 is 0 Å². The van der Waals surface area contributed by atoms with E-state index < -0.39 is 11.1 Å². The first-order chi connectivity index (χ1) is 7.00. The molecule has 0 heterocycles. The molecule has 2 nitrogen and oxygen atoms in total. The Morgan fingerprint density at radius 1 is 1.27 bits per heavy atom. The molecule has 0 aromatic rings. The molecule has 88 valence electrons. The fourth-order valence-corrected chi connectivity index (χ4v) is 2.14. The van der Waals surface area contributed by atoms with Gasteiger partial charge < -0.3 is 0 Å². The first-order valence-corrected chi connectivity index (χ1v) is 6.83. The summed E-state index contributed by atoms with van der Waals surface area (Å²) in [5.41, 5.74) is 0. The number of hydrogen-bond donors (Lipinski definition) is 0. The molecular weight excluding hydrogens is 208 g/mol. The number of hydrogen-bond acceptors (Lipinski definition) is 2. The maximum absolute atomic E-state index is 11.8. The Bertz CT molecular complexity index is 240. The largest absolute Gasteiger partial charge is 0.283 e. The van der Waals surface area contributed by atoms with E-state index in [0.717, 1.165) is 12.8 Å². The van der Waals surface area contributed by atoms with Crippen molar-refractivity contribution >= 4 is 11.1 Å². The second-order valence-electron chi connectivity index (χ2n) is 5.05. The predicted molar refractivity (Wildman–Crippen MR) is 65.0 cm³/mol. The number of rotatable bonds is 2. The summed E-state index contributed by atoms with van der Waals surface area (Å²) in [7, 11) is 0. The lowest BCUT2D eigenvalue weighted by Crippen LogP contribution is -2.27. The van der Waals surface area contributed by atoms with Crippen molar-refractivity contribution in [3.05, 3.63) is 12.2 Å². The Balaban J connectivity index is 2.48. The van der Waals surface area contributed by atoms with Crippen molar-refractivity contribution in [1.29, 1.82) is 0 Å². The highest BCUT2D eigenvalue weighted by Gasteiger charge is 2.23. The van der Waals surface area contributed by atoms with Crippen LogP contribution in [0.4, 0.5) is 0 Å². The zero-order chi connectivity index (χ0) is 11.3. The smallest absolute Gasteiger partial charge is 0.161 e. The van der Waals surface area contributed by atoms with Gasteiger partial charge in [-0.05, 0) is 40.0 Å². The molecule has 0 aromatic heterocycles. The highest BCUT2D eigenvalue weighted by Crippen LogP contribution is 2.19. The molecule has 0 bridgehead atoms. The van der Waals surface area contributed by atoms with Gasteiger partial charge in [-0.3, -0.25) is 4.18 Å². The van der Waals surface area contributed by atoms with Gasteiger partial charge in [-0.15, -0.1) is 0 Å². The zero-order valence-corrected chi connectivity index (χ0v) is 10.8. The second kappa shape index (κ2) is 5.80. The van der Waals surface area contributed by atoms with Gasteiger partial charge in [0, 0.05) is 0 Å². The molecule has 0 N–H and O–H groups in total. The van der Waals surface area contributed by atoms with Crippen molar-refractivity contribution in [1.82, 2.24) is 0 Å². The highest BCUT2D eigenvalue weighted by atomic mass is 32.2. The van der Waals surface area contributed by atoms with E-state index in [9.17, 15) is 4.21 Å². The fraction of sp³-hybridized carbons (Fsp3) is 0.833. The van der Waals surface area contributed by atoms with Gasteiger partial charge in [-0.25, -0.2) is 4.21 Å². The van der Waals surface area contributed by atoms with Crippen molar-refractivity contribution in [2.75, 3.05) is 0 Å². The Labute approximate surface area is 95.8 Å². The molecule has 0 aliphatic heterocycles. The van der Waals surface area contributed by atoms with E-state index in [4.69, 9.17) is 4.18 Å². The third-order valence-electron chi connectivity index (χ3n) is 2.42. The Hall–Kier alpha value is -0.150. The van der Waals surface area contributed by atoms with E-state index in [0.29, 0.717) is 0 Å². The van der Waals surface area contributed by atoms with Crippen molar-refractivity contribution in [3.63, 3.8) is 0 Å². The zero-order valence-electron chi connectivity index (χ0n) is 9.99. The first-order valence-electron chi connectivity index (χ1n) is 5.76. The van der Waals surface area contributed by atoms with Crippen molar-refractivity contribution in [2.24, 2.45) is 0 Å². The minimum absolute atomic E-state index is 0.0466. The van der Waals surface area contributed by atoms with Crippen LogP contribution in [-0.4, -0.2) is 15.1 Å². The van der Waals surface area contributed by atoms with Crippen molar-refractivity contribution in [2.45, 2.75) is 63.7 Å². The van der Waals surface area contributed by atoms with Gasteiger partial charge in [0.25, 0.3) is 0 Å². The summed E-state index contributed by atoms with van der Waals surface area (Å²) in [4.78, 5) is 0. The topological polar surface area (TPSA) is 26.3 Å². The van der Waals surface area contributed by atoms with E-state index in [1.54, 1.807) is 0 Å². The van der Waals surface area contributed by atoms with Gasteiger partial charge in [0.05, 0.1) is 10.9 Å². The second-order valence-corrected chi connectivity index (χ2v) is 6.93. The van der Waals surface area contributed by atoms with Crippen LogP contribution in [0.1, 0.15) is 52.9 Å². The molecular formula is C12H22O2S. The third kappa shape index (κ3) is 4.94. The van der Waals surface area contributed by atoms with Gasteiger partial charge in [0.1, 0.15) is 0 Å². The average Bonchev–Trinajstić information content (AvgIpc) is 2.07. The van der Waals surface area contributed by atoms with Crippen LogP contribution in [0.5, 0.6) is 0 Å². The summed E-state index contributed by atoms with van der Waals surface area (Å²) in [5, 5.41) is 0. The molecule has 0 saturated heterocycles. The highest BCUT2D eigenvalue weighted by molar-refractivity contribution is 7.81. The molecule has 15 heavy (non-hydrogen) atoms. The summed E-state index contributed by atoms with van der Waals surface area (Å²) in [5.74, 6) is 0. The van der Waals surface area contributed by atoms with E-state index in [1.807, 2.05) is 20.8 Å². The SMILES string of the molecule is CC(C)(C)S(=O)O[C@H]1/C=C\CCCCC1. The van der Waals surface area contributed by atoms with Crippen LogP contribution in [0.3, 0.4) is 0 Å². The maximum atomic E-state index is 11.8. The Kier molecular flexibility index (Phi) is 5.00. The lowest BCUT2D eigenvalue weighted by atomic mass is 10.0. The molecule has 1 aliphatic rings. The summed E-state index contributed by atoms with van der Waals surface area (Å²) >= 11 is -1.20. The van der Waals surface area contributed by atoms with E-state index >= 15 is 0 Å². The molecule has 3 heteroatoms. The molecule has 0 saturated carbocycles. The molecule has 1 unspecified atom stereocenters. The third-order valence-corrected chi connectivity index (χ3v) is 3.84. The van der Waals surface area contributed by atoms with Gasteiger partial charge in [0.15, 0.2) is 11.1 Å². The first kappa shape index (κ1) is 12.9.